The summed E-state index contributed by atoms with van der Waals surface area (Å²) in [5.74, 6) is 0. The van der Waals surface area contributed by atoms with E-state index in [1.54, 1.807) is 0 Å². The average Bonchev–Trinajstić information content (AvgIpc) is 2.00. The molecule has 0 aromatic rings. The summed E-state index contributed by atoms with van der Waals surface area (Å²) in [5, 5.41) is 0. The quantitative estimate of drug-likeness (QED) is 0.429. The predicted octanol–water partition coefficient (Wildman–Crippen LogP) is -0.283. The molecule has 0 aromatic heterocycles. The number of hydrogen-bond acceptors (Lipinski definition) is 6. The van der Waals surface area contributed by atoms with Crippen LogP contribution in [0.3, 0.4) is 0 Å². The number of hydrogen-bond donors (Lipinski definition) is 0. The van der Waals surface area contributed by atoms with Crippen LogP contribution in [0.4, 0.5) is 0 Å². The van der Waals surface area contributed by atoms with Crippen molar-refractivity contribution in [2.45, 2.75) is 0 Å². The van der Waals surface area contributed by atoms with E-state index in [-0.39, 0.29) is 20.4 Å². The van der Waals surface area contributed by atoms with Crippen LogP contribution >= 0.6 is 0 Å². The van der Waals surface area contributed by atoms with Gasteiger partial charge in [-0.2, -0.15) is 0 Å². The SMILES string of the molecule is C1OOCOOCOO1. The second-order valence-corrected chi connectivity index (χ2v) is 1.06. The Morgan fingerprint density at radius 1 is 0.444 bits per heavy atom. The van der Waals surface area contributed by atoms with E-state index < -0.39 is 0 Å². The zero-order valence-electron chi connectivity index (χ0n) is 4.57. The Hall–Kier alpha value is -0.240. The average molecular weight is 138 g/mol. The molecule has 54 valence electrons. The molecule has 0 saturated carbocycles. The standard InChI is InChI=1S/C3H6O6/c1-4-6-2-8-9-3-7-5-1/h1-3H2. The Labute approximate surface area is 50.9 Å². The van der Waals surface area contributed by atoms with Crippen molar-refractivity contribution < 1.29 is 29.3 Å². The van der Waals surface area contributed by atoms with Gasteiger partial charge < -0.3 is 0 Å². The van der Waals surface area contributed by atoms with Crippen LogP contribution in [0.2, 0.25) is 0 Å². The molecular formula is C3H6O6. The van der Waals surface area contributed by atoms with Gasteiger partial charge in [0.05, 0.1) is 0 Å². The Bertz CT molecular complexity index is 36.8. The summed E-state index contributed by atoms with van der Waals surface area (Å²) in [6, 6.07) is 0. The molecule has 1 saturated heterocycles. The molecule has 0 aromatic carbocycles. The minimum Gasteiger partial charge on any atom is -0.202 e. The van der Waals surface area contributed by atoms with Gasteiger partial charge in [0.1, 0.15) is 0 Å². The van der Waals surface area contributed by atoms with Gasteiger partial charge in [-0.3, -0.25) is 0 Å². The molecule has 0 spiro atoms. The van der Waals surface area contributed by atoms with E-state index in [9.17, 15) is 0 Å². The maximum Gasteiger partial charge on any atom is 0.214 e. The zero-order valence-corrected chi connectivity index (χ0v) is 4.57. The molecule has 0 aliphatic carbocycles. The molecule has 0 radical (unpaired) electrons. The summed E-state index contributed by atoms with van der Waals surface area (Å²) in [7, 11) is 0. The minimum absolute atomic E-state index is 0.104. The van der Waals surface area contributed by atoms with Gasteiger partial charge >= 0.3 is 0 Å². The lowest BCUT2D eigenvalue weighted by molar-refractivity contribution is -0.419. The molecule has 0 N–H and O–H groups in total. The first-order chi connectivity index (χ1) is 4.50. The Balaban J connectivity index is 2.02. The van der Waals surface area contributed by atoms with E-state index in [4.69, 9.17) is 0 Å². The highest BCUT2D eigenvalue weighted by Gasteiger charge is 1.96. The van der Waals surface area contributed by atoms with E-state index in [2.05, 4.69) is 29.3 Å². The lowest BCUT2D eigenvalue weighted by Crippen LogP contribution is -1.99. The second kappa shape index (κ2) is 4.62. The lowest BCUT2D eigenvalue weighted by Gasteiger charge is -1.96. The maximum atomic E-state index is 4.30. The Morgan fingerprint density at radius 2 is 0.667 bits per heavy atom. The molecule has 0 atom stereocenters. The molecule has 0 amide bonds. The fourth-order valence-electron chi connectivity index (χ4n) is 0.263. The third kappa shape index (κ3) is 3.36. The van der Waals surface area contributed by atoms with Crippen molar-refractivity contribution in [2.75, 3.05) is 20.4 Å². The van der Waals surface area contributed by atoms with Crippen LogP contribution < -0.4 is 0 Å². The highest BCUT2D eigenvalue weighted by Crippen LogP contribution is 1.89. The van der Waals surface area contributed by atoms with Gasteiger partial charge in [0, 0.05) is 0 Å². The fraction of sp³-hybridized carbons (Fsp3) is 1.00. The maximum absolute atomic E-state index is 4.30. The van der Waals surface area contributed by atoms with Gasteiger partial charge in [0.25, 0.3) is 0 Å². The zero-order chi connectivity index (χ0) is 6.36. The van der Waals surface area contributed by atoms with Crippen LogP contribution in [-0.4, -0.2) is 20.4 Å². The van der Waals surface area contributed by atoms with Gasteiger partial charge in [-0.1, -0.05) is 0 Å². The van der Waals surface area contributed by atoms with E-state index in [0.717, 1.165) is 0 Å². The first kappa shape index (κ1) is 6.87. The summed E-state index contributed by atoms with van der Waals surface area (Å²) in [6.45, 7) is -0.313. The van der Waals surface area contributed by atoms with Gasteiger partial charge in [0.2, 0.25) is 20.4 Å². The van der Waals surface area contributed by atoms with Gasteiger partial charge in [-0.15, -0.1) is 0 Å². The monoisotopic (exact) mass is 138 g/mol. The highest BCUT2D eigenvalue weighted by atomic mass is 17.4. The summed E-state index contributed by atoms with van der Waals surface area (Å²) < 4.78 is 0. The first-order valence-electron chi connectivity index (χ1n) is 2.23. The molecule has 0 unspecified atom stereocenters. The van der Waals surface area contributed by atoms with E-state index in [0.29, 0.717) is 0 Å². The number of rotatable bonds is 0. The van der Waals surface area contributed by atoms with Crippen LogP contribution in [0.5, 0.6) is 0 Å². The van der Waals surface area contributed by atoms with Crippen LogP contribution in [0.25, 0.3) is 0 Å². The van der Waals surface area contributed by atoms with Crippen LogP contribution in [0.1, 0.15) is 0 Å². The molecule has 1 fully saturated rings. The molecule has 0 bridgehead atoms. The third-order valence-electron chi connectivity index (χ3n) is 0.539. The smallest absolute Gasteiger partial charge is 0.202 e. The Kier molecular flexibility index (Phi) is 3.53. The molecule has 9 heavy (non-hydrogen) atoms. The van der Waals surface area contributed by atoms with Crippen molar-refractivity contribution in [3.05, 3.63) is 0 Å². The van der Waals surface area contributed by atoms with E-state index in [1.807, 2.05) is 0 Å². The molecule has 6 nitrogen and oxygen atoms in total. The van der Waals surface area contributed by atoms with Crippen molar-refractivity contribution in [1.29, 1.82) is 0 Å². The summed E-state index contributed by atoms with van der Waals surface area (Å²) in [6.07, 6.45) is 0. The van der Waals surface area contributed by atoms with E-state index in [1.165, 1.54) is 0 Å². The Morgan fingerprint density at radius 3 is 0.889 bits per heavy atom. The van der Waals surface area contributed by atoms with Gasteiger partial charge in [0.15, 0.2) is 0 Å². The van der Waals surface area contributed by atoms with Crippen molar-refractivity contribution >= 4 is 0 Å². The predicted molar refractivity (Wildman–Crippen MR) is 21.1 cm³/mol. The molecule has 6 heteroatoms. The van der Waals surface area contributed by atoms with E-state index >= 15 is 0 Å². The van der Waals surface area contributed by atoms with Crippen molar-refractivity contribution in [2.24, 2.45) is 0 Å². The molecule has 1 aliphatic heterocycles. The first-order valence-corrected chi connectivity index (χ1v) is 2.23. The molecule has 1 aliphatic rings. The normalized spacial score (nSPS) is 24.0. The van der Waals surface area contributed by atoms with Crippen molar-refractivity contribution in [1.82, 2.24) is 0 Å². The summed E-state index contributed by atoms with van der Waals surface area (Å²) in [4.78, 5) is 25.8. The summed E-state index contributed by atoms with van der Waals surface area (Å²) >= 11 is 0. The van der Waals surface area contributed by atoms with Crippen molar-refractivity contribution in [3.8, 4) is 0 Å². The van der Waals surface area contributed by atoms with Crippen LogP contribution in [0, 0.1) is 0 Å². The molecular weight excluding hydrogens is 132 g/mol. The summed E-state index contributed by atoms with van der Waals surface area (Å²) in [5.41, 5.74) is 0. The lowest BCUT2D eigenvalue weighted by atomic mass is 11.5. The van der Waals surface area contributed by atoms with Gasteiger partial charge in [-0.25, -0.2) is 29.3 Å². The topological polar surface area (TPSA) is 55.4 Å². The van der Waals surface area contributed by atoms with Crippen LogP contribution in [0.15, 0.2) is 0 Å². The van der Waals surface area contributed by atoms with Gasteiger partial charge in [-0.05, 0) is 0 Å². The minimum atomic E-state index is -0.104. The second-order valence-electron chi connectivity index (χ2n) is 1.06. The third-order valence-corrected chi connectivity index (χ3v) is 0.539. The largest absolute Gasteiger partial charge is 0.214 e. The molecule has 1 rings (SSSR count). The molecule has 1 heterocycles. The fourth-order valence-corrected chi connectivity index (χ4v) is 0.263. The van der Waals surface area contributed by atoms with Crippen molar-refractivity contribution in [3.63, 3.8) is 0 Å². The highest BCUT2D eigenvalue weighted by molar-refractivity contribution is 3.88. The van der Waals surface area contributed by atoms with Crippen LogP contribution in [-0.2, 0) is 29.3 Å².